The van der Waals surface area contributed by atoms with Gasteiger partial charge in [-0.2, -0.15) is 5.10 Å². The van der Waals surface area contributed by atoms with Crippen LogP contribution in [-0.4, -0.2) is 67.7 Å². The summed E-state index contributed by atoms with van der Waals surface area (Å²) in [4.78, 5) is 14.4. The molecular formula is C21H32N4O3. The van der Waals surface area contributed by atoms with Crippen molar-refractivity contribution in [1.82, 2.24) is 20.0 Å². The lowest BCUT2D eigenvalue weighted by Crippen LogP contribution is -2.40. The average molecular weight is 389 g/mol. The van der Waals surface area contributed by atoms with Crippen LogP contribution in [0.2, 0.25) is 0 Å². The third-order valence-electron chi connectivity index (χ3n) is 4.76. The molecule has 1 amide bonds. The first-order valence-corrected chi connectivity index (χ1v) is 9.58. The lowest BCUT2D eigenvalue weighted by Gasteiger charge is -2.21. The van der Waals surface area contributed by atoms with Crippen molar-refractivity contribution in [3.63, 3.8) is 0 Å². The molecule has 2 rings (SSSR count). The van der Waals surface area contributed by atoms with E-state index in [1.54, 1.807) is 14.2 Å². The Morgan fingerprint density at radius 2 is 1.75 bits per heavy atom. The maximum Gasteiger partial charge on any atom is 0.234 e. The number of aromatic nitrogens is 2. The quantitative estimate of drug-likeness (QED) is 0.600. The monoisotopic (exact) mass is 388 g/mol. The van der Waals surface area contributed by atoms with Crippen molar-refractivity contribution in [2.24, 2.45) is 0 Å². The SMILES string of the molecule is COCCN(CCOC)CC(=O)NCc1c(C)nn(Cc2ccccc2)c1C. The number of methoxy groups -OCH3 is 2. The Bertz CT molecular complexity index is 723. The van der Waals surface area contributed by atoms with Crippen LogP contribution in [0.4, 0.5) is 0 Å². The number of hydrogen-bond donors (Lipinski definition) is 1. The number of ether oxygens (including phenoxy) is 2. The van der Waals surface area contributed by atoms with Crippen LogP contribution < -0.4 is 5.32 Å². The molecule has 0 aliphatic carbocycles. The van der Waals surface area contributed by atoms with Crippen molar-refractivity contribution in [2.45, 2.75) is 26.9 Å². The van der Waals surface area contributed by atoms with Crippen molar-refractivity contribution in [3.8, 4) is 0 Å². The Morgan fingerprint density at radius 1 is 1.11 bits per heavy atom. The van der Waals surface area contributed by atoms with Crippen LogP contribution in [-0.2, 0) is 27.4 Å². The molecule has 1 aromatic carbocycles. The smallest absolute Gasteiger partial charge is 0.234 e. The highest BCUT2D eigenvalue weighted by Gasteiger charge is 2.15. The first-order chi connectivity index (χ1) is 13.5. The summed E-state index contributed by atoms with van der Waals surface area (Å²) in [5, 5.41) is 7.67. The zero-order chi connectivity index (χ0) is 20.4. The lowest BCUT2D eigenvalue weighted by atomic mass is 10.2. The van der Waals surface area contributed by atoms with Crippen LogP contribution in [0.1, 0.15) is 22.5 Å². The van der Waals surface area contributed by atoms with E-state index >= 15 is 0 Å². The van der Waals surface area contributed by atoms with Gasteiger partial charge in [0.25, 0.3) is 0 Å². The van der Waals surface area contributed by atoms with E-state index in [0.717, 1.165) is 23.5 Å². The summed E-state index contributed by atoms with van der Waals surface area (Å²) in [6.07, 6.45) is 0. The highest BCUT2D eigenvalue weighted by molar-refractivity contribution is 5.78. The molecule has 0 aliphatic rings. The lowest BCUT2D eigenvalue weighted by molar-refractivity contribution is -0.122. The standard InChI is InChI=1S/C21H32N4O3/c1-17-20(18(2)25(23-17)15-19-8-6-5-7-9-19)14-22-21(26)16-24(10-12-27-3)11-13-28-4/h5-9H,10-16H2,1-4H3,(H,22,26). The normalized spacial score (nSPS) is 11.2. The molecule has 1 N–H and O–H groups in total. The van der Waals surface area contributed by atoms with Crippen LogP contribution in [0.25, 0.3) is 0 Å². The van der Waals surface area contributed by atoms with Crippen LogP contribution in [0.15, 0.2) is 30.3 Å². The molecule has 0 fully saturated rings. The van der Waals surface area contributed by atoms with Gasteiger partial charge in [-0.05, 0) is 19.4 Å². The summed E-state index contributed by atoms with van der Waals surface area (Å²) >= 11 is 0. The number of nitrogens with one attached hydrogen (secondary N) is 1. The van der Waals surface area contributed by atoms with Gasteiger partial charge < -0.3 is 14.8 Å². The molecule has 1 aromatic heterocycles. The molecule has 7 nitrogen and oxygen atoms in total. The number of hydrogen-bond acceptors (Lipinski definition) is 5. The van der Waals surface area contributed by atoms with Crippen LogP contribution in [0, 0.1) is 13.8 Å². The Hall–Kier alpha value is -2.22. The van der Waals surface area contributed by atoms with Crippen molar-refractivity contribution in [1.29, 1.82) is 0 Å². The Morgan fingerprint density at radius 3 is 2.36 bits per heavy atom. The molecule has 7 heteroatoms. The van der Waals surface area contributed by atoms with Gasteiger partial charge in [0.15, 0.2) is 0 Å². The van der Waals surface area contributed by atoms with E-state index in [9.17, 15) is 4.79 Å². The second-order valence-electron chi connectivity index (χ2n) is 6.83. The zero-order valence-corrected chi connectivity index (χ0v) is 17.4. The fraction of sp³-hybridized carbons (Fsp3) is 0.524. The molecule has 2 aromatic rings. The second kappa shape index (κ2) is 11.6. The topological polar surface area (TPSA) is 68.6 Å². The summed E-state index contributed by atoms with van der Waals surface area (Å²) in [7, 11) is 3.32. The molecule has 0 spiro atoms. The van der Waals surface area contributed by atoms with Crippen molar-refractivity contribution >= 4 is 5.91 Å². The van der Waals surface area contributed by atoms with Gasteiger partial charge >= 0.3 is 0 Å². The summed E-state index contributed by atoms with van der Waals surface area (Å²) in [6.45, 7) is 8.12. The van der Waals surface area contributed by atoms with E-state index in [0.29, 0.717) is 39.4 Å². The van der Waals surface area contributed by atoms with Crippen LogP contribution in [0.5, 0.6) is 0 Å². The Labute approximate surface area is 167 Å². The van der Waals surface area contributed by atoms with Gasteiger partial charge in [0.1, 0.15) is 0 Å². The molecule has 1 heterocycles. The fourth-order valence-electron chi connectivity index (χ4n) is 3.06. The van der Waals surface area contributed by atoms with Gasteiger partial charge in [0.2, 0.25) is 5.91 Å². The predicted molar refractivity (Wildman–Crippen MR) is 109 cm³/mol. The highest BCUT2D eigenvalue weighted by atomic mass is 16.5. The molecule has 0 saturated heterocycles. The number of benzene rings is 1. The molecule has 0 saturated carbocycles. The predicted octanol–water partition coefficient (Wildman–Crippen LogP) is 1.76. The molecule has 0 aliphatic heterocycles. The number of aryl methyl sites for hydroxylation is 1. The van der Waals surface area contributed by atoms with Crippen LogP contribution in [0.3, 0.4) is 0 Å². The fourth-order valence-corrected chi connectivity index (χ4v) is 3.06. The zero-order valence-electron chi connectivity index (χ0n) is 17.4. The van der Waals surface area contributed by atoms with Crippen LogP contribution >= 0.6 is 0 Å². The molecule has 154 valence electrons. The van der Waals surface area contributed by atoms with E-state index in [4.69, 9.17) is 9.47 Å². The maximum absolute atomic E-state index is 12.4. The molecule has 0 radical (unpaired) electrons. The van der Waals surface area contributed by atoms with Gasteiger partial charge in [-0.3, -0.25) is 14.4 Å². The molecule has 0 unspecified atom stereocenters. The minimum absolute atomic E-state index is 0.0122. The highest BCUT2D eigenvalue weighted by Crippen LogP contribution is 2.14. The van der Waals surface area contributed by atoms with Gasteiger partial charge in [0, 0.05) is 45.1 Å². The molecule has 0 atom stereocenters. The minimum Gasteiger partial charge on any atom is -0.383 e. The number of carbonyl (C=O) groups excluding carboxylic acids is 1. The largest absolute Gasteiger partial charge is 0.383 e. The molecule has 28 heavy (non-hydrogen) atoms. The summed E-state index contributed by atoms with van der Waals surface area (Å²) in [5.41, 5.74) is 4.31. The third-order valence-corrected chi connectivity index (χ3v) is 4.76. The first kappa shape index (κ1) is 22.1. The maximum atomic E-state index is 12.4. The van der Waals surface area contributed by atoms with Crippen molar-refractivity contribution in [3.05, 3.63) is 52.8 Å². The number of amides is 1. The van der Waals surface area contributed by atoms with E-state index in [1.165, 1.54) is 5.56 Å². The minimum atomic E-state index is -0.0122. The van der Waals surface area contributed by atoms with E-state index in [1.807, 2.05) is 41.6 Å². The first-order valence-electron chi connectivity index (χ1n) is 9.58. The van der Waals surface area contributed by atoms with Crippen molar-refractivity contribution in [2.75, 3.05) is 47.1 Å². The van der Waals surface area contributed by atoms with Gasteiger partial charge in [0.05, 0.1) is 32.0 Å². The molecule has 0 bridgehead atoms. The Kier molecular flexibility index (Phi) is 9.13. The third kappa shape index (κ3) is 6.74. The average Bonchev–Trinajstić information content (AvgIpc) is 2.96. The van der Waals surface area contributed by atoms with E-state index in [-0.39, 0.29) is 5.91 Å². The molecular weight excluding hydrogens is 356 g/mol. The number of rotatable bonds is 12. The van der Waals surface area contributed by atoms with Crippen molar-refractivity contribution < 1.29 is 14.3 Å². The summed E-state index contributed by atoms with van der Waals surface area (Å²) < 4.78 is 12.2. The number of nitrogens with zero attached hydrogens (tertiary/aromatic N) is 3. The van der Waals surface area contributed by atoms with E-state index in [2.05, 4.69) is 22.5 Å². The van der Waals surface area contributed by atoms with Gasteiger partial charge in [-0.25, -0.2) is 0 Å². The summed E-state index contributed by atoms with van der Waals surface area (Å²) in [6, 6.07) is 10.2. The Balaban J connectivity index is 1.93. The van der Waals surface area contributed by atoms with Gasteiger partial charge in [-0.1, -0.05) is 30.3 Å². The van der Waals surface area contributed by atoms with Gasteiger partial charge in [-0.15, -0.1) is 0 Å². The second-order valence-corrected chi connectivity index (χ2v) is 6.83. The summed E-state index contributed by atoms with van der Waals surface area (Å²) in [5.74, 6) is -0.0122. The number of carbonyl (C=O) groups is 1. The van der Waals surface area contributed by atoms with E-state index < -0.39 is 0 Å².